The smallest absolute Gasteiger partial charge is 0.325 e. The highest BCUT2D eigenvalue weighted by molar-refractivity contribution is 6.00. The van der Waals surface area contributed by atoms with Crippen LogP contribution in [0.2, 0.25) is 0 Å². The normalized spacial score (nSPS) is 10.6. The number of amides is 1. The van der Waals surface area contributed by atoms with Crippen molar-refractivity contribution in [3.05, 3.63) is 102 Å². The molecule has 0 radical (unpaired) electrons. The van der Waals surface area contributed by atoms with Crippen molar-refractivity contribution in [1.82, 2.24) is 9.47 Å². The topological polar surface area (TPSA) is 79.2 Å². The van der Waals surface area contributed by atoms with Crippen molar-refractivity contribution in [2.75, 3.05) is 13.7 Å². The number of aryl methyl sites for hydroxylation is 1. The number of pyridine rings is 1. The molecule has 4 aromatic rings. The molecule has 2 aromatic heterocycles. The first-order valence-corrected chi connectivity index (χ1v) is 10.9. The zero-order valence-corrected chi connectivity index (χ0v) is 19.1. The Labute approximate surface area is 198 Å². The number of ether oxygens (including phenoxy) is 1. The number of nitrogens with zero attached hydrogens (tertiary/aromatic N) is 4. The van der Waals surface area contributed by atoms with Crippen LogP contribution in [0.1, 0.15) is 27.2 Å². The van der Waals surface area contributed by atoms with Gasteiger partial charge < -0.3 is 14.2 Å². The predicted molar refractivity (Wildman–Crippen MR) is 127 cm³/mol. The number of carbonyl (C=O) groups excluding carboxylic acids is 2. The molecule has 7 heteroatoms. The molecule has 0 fully saturated rings. The lowest BCUT2D eigenvalue weighted by Gasteiger charge is -2.22. The summed E-state index contributed by atoms with van der Waals surface area (Å²) in [5, 5.41) is 10.2. The van der Waals surface area contributed by atoms with Crippen LogP contribution in [0, 0.1) is 11.3 Å². The third kappa shape index (κ3) is 4.97. The Morgan fingerprint density at radius 2 is 1.79 bits per heavy atom. The molecule has 34 heavy (non-hydrogen) atoms. The maximum absolute atomic E-state index is 13.8. The highest BCUT2D eigenvalue weighted by atomic mass is 16.5. The van der Waals surface area contributed by atoms with Gasteiger partial charge in [-0.15, -0.1) is 0 Å². The molecular weight excluding hydrogens is 428 g/mol. The van der Waals surface area contributed by atoms with Gasteiger partial charge in [0.2, 0.25) is 0 Å². The van der Waals surface area contributed by atoms with Crippen LogP contribution in [0.25, 0.3) is 10.9 Å². The molecule has 0 N–H and O–H groups in total. The lowest BCUT2D eigenvalue weighted by Crippen LogP contribution is -2.37. The summed E-state index contributed by atoms with van der Waals surface area (Å²) in [6.07, 6.45) is 3.80. The zero-order valence-electron chi connectivity index (χ0n) is 19.1. The molecule has 0 aliphatic carbocycles. The standard InChI is InChI=1S/C27H25N4O3/c1-29-12-10-20(11-13-29)17-30(19-26(32)34-2)27(33)25-15-23-8-3-4-9-24(23)31(25)18-22-7-5-6-21(14-22)16-28/h3-15H,17-19H2,1-2H3/q+1. The van der Waals surface area contributed by atoms with Gasteiger partial charge >= 0.3 is 5.97 Å². The summed E-state index contributed by atoms with van der Waals surface area (Å²) in [7, 11) is 3.23. The average molecular weight is 454 g/mol. The molecule has 0 saturated heterocycles. The summed E-state index contributed by atoms with van der Waals surface area (Å²) in [5.41, 5.74) is 3.74. The van der Waals surface area contributed by atoms with Crippen molar-refractivity contribution in [1.29, 1.82) is 5.26 Å². The molecule has 2 aromatic carbocycles. The lowest BCUT2D eigenvalue weighted by molar-refractivity contribution is -0.671. The predicted octanol–water partition coefficient (Wildman–Crippen LogP) is 3.20. The van der Waals surface area contributed by atoms with Crippen LogP contribution in [0.15, 0.2) is 79.1 Å². The van der Waals surface area contributed by atoms with Gasteiger partial charge in [-0.2, -0.15) is 5.26 Å². The molecule has 1 amide bonds. The summed E-state index contributed by atoms with van der Waals surface area (Å²) in [6, 6.07) is 22.9. The highest BCUT2D eigenvalue weighted by Gasteiger charge is 2.24. The van der Waals surface area contributed by atoms with Crippen LogP contribution in [0.5, 0.6) is 0 Å². The van der Waals surface area contributed by atoms with Gasteiger partial charge in [0.15, 0.2) is 12.4 Å². The fourth-order valence-electron chi connectivity index (χ4n) is 3.92. The zero-order chi connectivity index (χ0) is 24.1. The number of para-hydroxylation sites is 1. The van der Waals surface area contributed by atoms with E-state index in [1.165, 1.54) is 12.0 Å². The molecule has 0 aliphatic rings. The van der Waals surface area contributed by atoms with Gasteiger partial charge in [0, 0.05) is 36.1 Å². The first kappa shape index (κ1) is 22.7. The molecule has 0 atom stereocenters. The van der Waals surface area contributed by atoms with Crippen LogP contribution in [0.4, 0.5) is 0 Å². The minimum Gasteiger partial charge on any atom is -0.468 e. The number of nitriles is 1. The van der Waals surface area contributed by atoms with Gasteiger partial charge in [-0.05, 0) is 35.4 Å². The van der Waals surface area contributed by atoms with Crippen molar-refractivity contribution in [3.8, 4) is 6.07 Å². The molecule has 0 saturated carbocycles. The number of fused-ring (bicyclic) bond motifs is 1. The first-order valence-electron chi connectivity index (χ1n) is 10.9. The number of methoxy groups -OCH3 is 1. The first-order chi connectivity index (χ1) is 16.5. The van der Waals surface area contributed by atoms with E-state index < -0.39 is 5.97 Å². The van der Waals surface area contributed by atoms with Gasteiger partial charge in [-0.25, -0.2) is 4.57 Å². The molecule has 0 bridgehead atoms. The minimum absolute atomic E-state index is 0.165. The highest BCUT2D eigenvalue weighted by Crippen LogP contribution is 2.23. The van der Waals surface area contributed by atoms with Crippen molar-refractivity contribution in [2.45, 2.75) is 13.1 Å². The van der Waals surface area contributed by atoms with E-state index in [0.29, 0.717) is 17.8 Å². The Balaban J connectivity index is 1.75. The van der Waals surface area contributed by atoms with E-state index in [0.717, 1.165) is 22.0 Å². The second-order valence-electron chi connectivity index (χ2n) is 8.10. The number of rotatable bonds is 7. The van der Waals surface area contributed by atoms with E-state index in [9.17, 15) is 14.9 Å². The Bertz CT molecular complexity index is 1380. The Morgan fingerprint density at radius 1 is 1.03 bits per heavy atom. The van der Waals surface area contributed by atoms with E-state index >= 15 is 0 Å². The summed E-state index contributed by atoms with van der Waals surface area (Å²) >= 11 is 0. The van der Waals surface area contributed by atoms with Gasteiger partial charge in [-0.3, -0.25) is 9.59 Å². The van der Waals surface area contributed by atoms with Crippen molar-refractivity contribution in [3.63, 3.8) is 0 Å². The second-order valence-corrected chi connectivity index (χ2v) is 8.10. The van der Waals surface area contributed by atoms with Crippen LogP contribution in [-0.2, 0) is 29.7 Å². The molecule has 0 unspecified atom stereocenters. The van der Waals surface area contributed by atoms with Crippen LogP contribution in [0.3, 0.4) is 0 Å². The maximum atomic E-state index is 13.8. The summed E-state index contributed by atoms with van der Waals surface area (Å²) in [5.74, 6) is -0.759. The third-order valence-electron chi connectivity index (χ3n) is 5.68. The molecule has 0 spiro atoms. The molecule has 7 nitrogen and oxygen atoms in total. The Kier molecular flexibility index (Phi) is 6.69. The van der Waals surface area contributed by atoms with E-state index in [2.05, 4.69) is 6.07 Å². The van der Waals surface area contributed by atoms with Gasteiger partial charge in [0.1, 0.15) is 19.3 Å². The number of esters is 1. The molecular formula is C27H25N4O3+. The maximum Gasteiger partial charge on any atom is 0.325 e. The lowest BCUT2D eigenvalue weighted by atomic mass is 10.1. The third-order valence-corrected chi connectivity index (χ3v) is 5.68. The van der Waals surface area contributed by atoms with Crippen molar-refractivity contribution in [2.24, 2.45) is 7.05 Å². The molecule has 4 rings (SSSR count). The number of carbonyl (C=O) groups is 2. The van der Waals surface area contributed by atoms with Crippen LogP contribution in [-0.4, -0.2) is 35.0 Å². The number of hydrogen-bond donors (Lipinski definition) is 0. The number of hydrogen-bond acceptors (Lipinski definition) is 4. The fourth-order valence-corrected chi connectivity index (χ4v) is 3.92. The van der Waals surface area contributed by atoms with Crippen molar-refractivity contribution < 1.29 is 18.9 Å². The van der Waals surface area contributed by atoms with E-state index in [4.69, 9.17) is 4.74 Å². The number of aromatic nitrogens is 2. The Morgan fingerprint density at radius 3 is 2.53 bits per heavy atom. The van der Waals surface area contributed by atoms with E-state index in [1.54, 1.807) is 6.07 Å². The van der Waals surface area contributed by atoms with E-state index in [1.807, 2.05) is 89.2 Å². The van der Waals surface area contributed by atoms with E-state index in [-0.39, 0.29) is 19.0 Å². The molecule has 170 valence electrons. The monoisotopic (exact) mass is 453 g/mol. The quantitative estimate of drug-likeness (QED) is 0.318. The summed E-state index contributed by atoms with van der Waals surface area (Å²) in [6.45, 7) is 0.513. The second kappa shape index (κ2) is 10.0. The largest absolute Gasteiger partial charge is 0.468 e. The van der Waals surface area contributed by atoms with Gasteiger partial charge in [-0.1, -0.05) is 30.3 Å². The summed E-state index contributed by atoms with van der Waals surface area (Å²) < 4.78 is 8.70. The van der Waals surface area contributed by atoms with Gasteiger partial charge in [0.25, 0.3) is 5.91 Å². The number of benzene rings is 2. The average Bonchev–Trinajstić information content (AvgIpc) is 3.22. The minimum atomic E-state index is -0.487. The SMILES string of the molecule is COC(=O)CN(Cc1cc[n+](C)cc1)C(=O)c1cc2ccccc2n1Cc1cccc(C#N)c1. The molecule has 0 aliphatic heterocycles. The fraction of sp³-hybridized carbons (Fsp3) is 0.185. The van der Waals surface area contributed by atoms with Gasteiger partial charge in [0.05, 0.1) is 18.7 Å². The van der Waals surface area contributed by atoms with Crippen molar-refractivity contribution >= 4 is 22.8 Å². The Hall–Kier alpha value is -4.44. The molecule has 2 heterocycles. The van der Waals surface area contributed by atoms with Crippen LogP contribution < -0.4 is 4.57 Å². The summed E-state index contributed by atoms with van der Waals surface area (Å²) in [4.78, 5) is 27.5. The van der Waals surface area contributed by atoms with Crippen LogP contribution >= 0.6 is 0 Å².